The third-order valence-corrected chi connectivity index (χ3v) is 2.86. The molecule has 0 fully saturated rings. The largest absolute Gasteiger partial charge is 0.481 e. The van der Waals surface area contributed by atoms with Gasteiger partial charge in [-0.25, -0.2) is 0 Å². The minimum absolute atomic E-state index is 0.120. The molecule has 2 N–H and O–H groups in total. The minimum atomic E-state index is -0.891. The second-order valence-corrected chi connectivity index (χ2v) is 5.30. The summed E-state index contributed by atoms with van der Waals surface area (Å²) in [5, 5.41) is 11.6. The van der Waals surface area contributed by atoms with Gasteiger partial charge in [0.05, 0.1) is 11.5 Å². The van der Waals surface area contributed by atoms with Crippen LogP contribution in [0.25, 0.3) is 0 Å². The molecule has 1 atom stereocenters. The number of carboxylic acids is 1. The molecule has 18 heavy (non-hydrogen) atoms. The van der Waals surface area contributed by atoms with Crippen LogP contribution in [0, 0.1) is 11.8 Å². The molecule has 5 nitrogen and oxygen atoms in total. The highest BCUT2D eigenvalue weighted by Gasteiger charge is 2.20. The highest BCUT2D eigenvalue weighted by molar-refractivity contribution is 9.10. The Morgan fingerprint density at radius 1 is 1.50 bits per heavy atom. The zero-order valence-corrected chi connectivity index (χ0v) is 11.9. The van der Waals surface area contributed by atoms with Crippen LogP contribution in [-0.4, -0.2) is 23.5 Å². The van der Waals surface area contributed by atoms with Crippen molar-refractivity contribution in [3.8, 4) is 0 Å². The Labute approximate surface area is 114 Å². The summed E-state index contributed by atoms with van der Waals surface area (Å²) in [5.74, 6) is -1.52. The third kappa shape index (κ3) is 4.52. The average Bonchev–Trinajstić information content (AvgIpc) is 2.69. The van der Waals surface area contributed by atoms with Gasteiger partial charge >= 0.3 is 5.97 Å². The van der Waals surface area contributed by atoms with Crippen molar-refractivity contribution in [2.45, 2.75) is 20.3 Å². The van der Waals surface area contributed by atoms with E-state index in [1.807, 2.05) is 13.8 Å². The first-order valence-electron chi connectivity index (χ1n) is 5.65. The topological polar surface area (TPSA) is 79.5 Å². The van der Waals surface area contributed by atoms with Gasteiger partial charge in [0.15, 0.2) is 4.67 Å². The van der Waals surface area contributed by atoms with Gasteiger partial charge in [0.25, 0.3) is 5.91 Å². The predicted molar refractivity (Wildman–Crippen MR) is 69.3 cm³/mol. The fourth-order valence-electron chi connectivity index (χ4n) is 1.59. The number of carbonyl (C=O) groups excluding carboxylic acids is 1. The summed E-state index contributed by atoms with van der Waals surface area (Å²) in [5.41, 5.74) is 0.371. The molecular formula is C12H16BrNO4. The Morgan fingerprint density at radius 2 is 2.17 bits per heavy atom. The summed E-state index contributed by atoms with van der Waals surface area (Å²) in [4.78, 5) is 22.7. The molecule has 0 aliphatic carbocycles. The van der Waals surface area contributed by atoms with Crippen molar-refractivity contribution in [2.24, 2.45) is 11.8 Å². The molecule has 0 aliphatic rings. The van der Waals surface area contributed by atoms with Gasteiger partial charge in [0, 0.05) is 12.6 Å². The molecule has 100 valence electrons. The maximum absolute atomic E-state index is 11.7. The van der Waals surface area contributed by atoms with E-state index >= 15 is 0 Å². The first-order chi connectivity index (χ1) is 8.40. The molecule has 6 heteroatoms. The molecule has 0 saturated heterocycles. The second kappa shape index (κ2) is 6.58. The van der Waals surface area contributed by atoms with Crippen molar-refractivity contribution in [1.29, 1.82) is 0 Å². The highest BCUT2D eigenvalue weighted by Crippen LogP contribution is 2.15. The van der Waals surface area contributed by atoms with Gasteiger partial charge < -0.3 is 14.8 Å². The van der Waals surface area contributed by atoms with E-state index in [0.717, 1.165) is 0 Å². The molecule has 0 aliphatic heterocycles. The van der Waals surface area contributed by atoms with E-state index in [-0.39, 0.29) is 18.4 Å². The number of carboxylic acid groups (broad SMARTS) is 1. The number of furan rings is 1. The lowest BCUT2D eigenvalue weighted by atomic mass is 9.97. The van der Waals surface area contributed by atoms with Gasteiger partial charge in [-0.2, -0.15) is 0 Å². The van der Waals surface area contributed by atoms with Crippen molar-refractivity contribution in [2.75, 3.05) is 6.54 Å². The fraction of sp³-hybridized carbons (Fsp3) is 0.500. The SMILES string of the molecule is CC(C)CC(CNC(=O)c1coc(Br)c1)C(=O)O. The number of hydrogen-bond donors (Lipinski definition) is 2. The number of hydrogen-bond acceptors (Lipinski definition) is 3. The maximum atomic E-state index is 11.7. The number of nitrogens with one attached hydrogen (secondary N) is 1. The molecule has 0 aromatic carbocycles. The number of carbonyl (C=O) groups is 2. The molecule has 1 rings (SSSR count). The molecule has 0 spiro atoms. The Bertz CT molecular complexity index is 427. The fourth-order valence-corrected chi connectivity index (χ4v) is 1.93. The molecular weight excluding hydrogens is 302 g/mol. The van der Waals surface area contributed by atoms with Crippen molar-refractivity contribution in [3.63, 3.8) is 0 Å². The van der Waals surface area contributed by atoms with E-state index in [2.05, 4.69) is 21.2 Å². The summed E-state index contributed by atoms with van der Waals surface area (Å²) in [6, 6.07) is 1.54. The van der Waals surface area contributed by atoms with Crippen molar-refractivity contribution < 1.29 is 19.1 Å². The van der Waals surface area contributed by atoms with Crippen LogP contribution in [0.3, 0.4) is 0 Å². The smallest absolute Gasteiger partial charge is 0.308 e. The third-order valence-electron chi connectivity index (χ3n) is 2.44. The van der Waals surface area contributed by atoms with E-state index in [4.69, 9.17) is 9.52 Å². The lowest BCUT2D eigenvalue weighted by molar-refractivity contribution is -0.142. The average molecular weight is 318 g/mol. The monoisotopic (exact) mass is 317 g/mol. The zero-order valence-electron chi connectivity index (χ0n) is 10.3. The van der Waals surface area contributed by atoms with Crippen LogP contribution in [0.2, 0.25) is 0 Å². The van der Waals surface area contributed by atoms with Crippen LogP contribution in [-0.2, 0) is 4.79 Å². The van der Waals surface area contributed by atoms with E-state index in [1.54, 1.807) is 0 Å². The summed E-state index contributed by atoms with van der Waals surface area (Å²) < 4.78 is 5.41. The van der Waals surface area contributed by atoms with E-state index in [9.17, 15) is 9.59 Å². The van der Waals surface area contributed by atoms with E-state index < -0.39 is 11.9 Å². The number of aliphatic carboxylic acids is 1. The van der Waals surface area contributed by atoms with Crippen LogP contribution >= 0.6 is 15.9 Å². The van der Waals surface area contributed by atoms with Crippen LogP contribution in [0.4, 0.5) is 0 Å². The van der Waals surface area contributed by atoms with Gasteiger partial charge in [0.1, 0.15) is 6.26 Å². The summed E-state index contributed by atoms with van der Waals surface area (Å²) in [6.45, 7) is 4.02. The van der Waals surface area contributed by atoms with Gasteiger partial charge in [0.2, 0.25) is 0 Å². The van der Waals surface area contributed by atoms with Crippen LogP contribution in [0.15, 0.2) is 21.4 Å². The Balaban J connectivity index is 2.52. The molecule has 1 aromatic rings. The van der Waals surface area contributed by atoms with E-state index in [0.29, 0.717) is 16.7 Å². The van der Waals surface area contributed by atoms with Crippen molar-refractivity contribution >= 4 is 27.8 Å². The first kappa shape index (κ1) is 14.8. The predicted octanol–water partition coefficient (Wildman–Crippen LogP) is 2.52. The van der Waals surface area contributed by atoms with Gasteiger partial charge in [-0.1, -0.05) is 13.8 Å². The van der Waals surface area contributed by atoms with E-state index in [1.165, 1.54) is 12.3 Å². The number of rotatable bonds is 6. The molecule has 1 amide bonds. The lowest BCUT2D eigenvalue weighted by Gasteiger charge is -2.14. The lowest BCUT2D eigenvalue weighted by Crippen LogP contribution is -2.33. The Kier molecular flexibility index (Phi) is 5.40. The highest BCUT2D eigenvalue weighted by atomic mass is 79.9. The molecule has 0 radical (unpaired) electrons. The molecule has 1 aromatic heterocycles. The second-order valence-electron chi connectivity index (χ2n) is 4.51. The van der Waals surface area contributed by atoms with Gasteiger partial charge in [-0.15, -0.1) is 0 Å². The van der Waals surface area contributed by atoms with Crippen molar-refractivity contribution in [3.05, 3.63) is 22.6 Å². The minimum Gasteiger partial charge on any atom is -0.481 e. The Morgan fingerprint density at radius 3 is 2.61 bits per heavy atom. The summed E-state index contributed by atoms with van der Waals surface area (Å²) in [7, 11) is 0. The Hall–Kier alpha value is -1.30. The van der Waals surface area contributed by atoms with Crippen LogP contribution < -0.4 is 5.32 Å². The number of halogens is 1. The molecule has 0 bridgehead atoms. The number of amides is 1. The maximum Gasteiger partial charge on any atom is 0.308 e. The quantitative estimate of drug-likeness (QED) is 0.845. The summed E-state index contributed by atoms with van der Waals surface area (Å²) in [6.07, 6.45) is 1.85. The molecule has 1 unspecified atom stereocenters. The summed E-state index contributed by atoms with van der Waals surface area (Å²) >= 11 is 3.10. The van der Waals surface area contributed by atoms with Crippen molar-refractivity contribution in [1.82, 2.24) is 5.32 Å². The standard InChI is InChI=1S/C12H16BrNO4/c1-7(2)3-8(12(16)17)5-14-11(15)9-4-10(13)18-6-9/h4,6-8H,3,5H2,1-2H3,(H,14,15)(H,16,17). The molecule has 0 saturated carbocycles. The normalized spacial score (nSPS) is 12.4. The first-order valence-corrected chi connectivity index (χ1v) is 6.44. The van der Waals surface area contributed by atoms with Gasteiger partial charge in [-0.05, 0) is 28.3 Å². The zero-order chi connectivity index (χ0) is 13.7. The van der Waals surface area contributed by atoms with Crippen LogP contribution in [0.5, 0.6) is 0 Å². The molecule has 1 heterocycles. The van der Waals surface area contributed by atoms with Gasteiger partial charge in [-0.3, -0.25) is 9.59 Å². The van der Waals surface area contributed by atoms with Crippen LogP contribution in [0.1, 0.15) is 30.6 Å².